The van der Waals surface area contributed by atoms with Gasteiger partial charge in [0, 0.05) is 6.54 Å². The third kappa shape index (κ3) is 4.38. The van der Waals surface area contributed by atoms with Crippen molar-refractivity contribution in [2.24, 2.45) is 0 Å². The first-order chi connectivity index (χ1) is 11.5. The topological polar surface area (TPSA) is 56.8 Å². The van der Waals surface area contributed by atoms with E-state index in [2.05, 4.69) is 5.32 Å². The summed E-state index contributed by atoms with van der Waals surface area (Å²) in [6, 6.07) is 10.0. The van der Waals surface area contributed by atoms with Crippen LogP contribution in [0.15, 0.2) is 36.4 Å². The molecule has 0 aliphatic rings. The Bertz CT molecular complexity index is 696. The Morgan fingerprint density at radius 3 is 2.38 bits per heavy atom. The number of benzene rings is 2. The molecular weight excluding hydrogens is 313 g/mol. The fraction of sp³-hybridized carbons (Fsp3) is 0.278. The standard InChI is InChI=1S/C18H20FNO4/c1-12-7-8-13(9-14(12)19)10-20-17(21)11-24-18-15(22-2)5-4-6-16(18)23-3/h4-9H,10-11H2,1-3H3,(H,20,21). The second-order valence-electron chi connectivity index (χ2n) is 5.14. The van der Waals surface area contributed by atoms with Gasteiger partial charge >= 0.3 is 0 Å². The summed E-state index contributed by atoms with van der Waals surface area (Å²) in [5.74, 6) is 0.685. The Kier molecular flexibility index (Phi) is 6.01. The van der Waals surface area contributed by atoms with Gasteiger partial charge in [-0.2, -0.15) is 0 Å². The summed E-state index contributed by atoms with van der Waals surface area (Å²) in [6.45, 7) is 1.71. The molecule has 0 atom stereocenters. The molecule has 2 rings (SSSR count). The van der Waals surface area contributed by atoms with Gasteiger partial charge in [0.25, 0.3) is 5.91 Å². The molecule has 2 aromatic carbocycles. The minimum absolute atomic E-state index is 0.203. The van der Waals surface area contributed by atoms with Crippen molar-refractivity contribution in [2.75, 3.05) is 20.8 Å². The Labute approximate surface area is 140 Å². The highest BCUT2D eigenvalue weighted by Crippen LogP contribution is 2.36. The second kappa shape index (κ2) is 8.19. The van der Waals surface area contributed by atoms with E-state index in [-0.39, 0.29) is 24.9 Å². The molecule has 5 nitrogen and oxygen atoms in total. The summed E-state index contributed by atoms with van der Waals surface area (Å²) in [4.78, 5) is 11.9. The van der Waals surface area contributed by atoms with E-state index >= 15 is 0 Å². The van der Waals surface area contributed by atoms with Gasteiger partial charge in [-0.3, -0.25) is 4.79 Å². The van der Waals surface area contributed by atoms with Crippen LogP contribution in [-0.4, -0.2) is 26.7 Å². The van der Waals surface area contributed by atoms with Gasteiger partial charge in [0.15, 0.2) is 18.1 Å². The lowest BCUT2D eigenvalue weighted by molar-refractivity contribution is -0.123. The molecule has 24 heavy (non-hydrogen) atoms. The predicted molar refractivity (Wildman–Crippen MR) is 88.0 cm³/mol. The van der Waals surface area contributed by atoms with Gasteiger partial charge in [-0.25, -0.2) is 4.39 Å². The third-order valence-electron chi connectivity index (χ3n) is 3.46. The van der Waals surface area contributed by atoms with Crippen LogP contribution in [0.3, 0.4) is 0 Å². The van der Waals surface area contributed by atoms with Crippen molar-refractivity contribution >= 4 is 5.91 Å². The molecule has 0 heterocycles. The molecule has 0 saturated carbocycles. The van der Waals surface area contributed by atoms with Crippen molar-refractivity contribution in [3.8, 4) is 17.2 Å². The molecule has 6 heteroatoms. The molecular formula is C18H20FNO4. The average molecular weight is 333 g/mol. The fourth-order valence-corrected chi connectivity index (χ4v) is 2.10. The minimum atomic E-state index is -0.330. The second-order valence-corrected chi connectivity index (χ2v) is 5.14. The summed E-state index contributed by atoms with van der Waals surface area (Å²) < 4.78 is 29.4. The van der Waals surface area contributed by atoms with E-state index in [9.17, 15) is 9.18 Å². The van der Waals surface area contributed by atoms with E-state index < -0.39 is 0 Å². The molecule has 1 N–H and O–H groups in total. The maximum absolute atomic E-state index is 13.5. The van der Waals surface area contributed by atoms with E-state index in [4.69, 9.17) is 14.2 Å². The first-order valence-corrected chi connectivity index (χ1v) is 7.40. The van der Waals surface area contributed by atoms with Crippen LogP contribution >= 0.6 is 0 Å². The fourth-order valence-electron chi connectivity index (χ4n) is 2.10. The van der Waals surface area contributed by atoms with Crippen molar-refractivity contribution in [1.82, 2.24) is 5.32 Å². The lowest BCUT2D eigenvalue weighted by atomic mass is 10.1. The van der Waals surface area contributed by atoms with Crippen molar-refractivity contribution in [1.29, 1.82) is 0 Å². The highest BCUT2D eigenvalue weighted by molar-refractivity contribution is 5.77. The number of halogens is 1. The van der Waals surface area contributed by atoms with E-state index in [0.29, 0.717) is 28.4 Å². The smallest absolute Gasteiger partial charge is 0.258 e. The van der Waals surface area contributed by atoms with Crippen LogP contribution in [0, 0.1) is 12.7 Å². The van der Waals surface area contributed by atoms with E-state index in [1.165, 1.54) is 20.3 Å². The van der Waals surface area contributed by atoms with E-state index in [1.807, 2.05) is 0 Å². The number of ether oxygens (including phenoxy) is 3. The third-order valence-corrected chi connectivity index (χ3v) is 3.46. The first-order valence-electron chi connectivity index (χ1n) is 7.40. The SMILES string of the molecule is COc1cccc(OC)c1OCC(=O)NCc1ccc(C)c(F)c1. The highest BCUT2D eigenvalue weighted by Gasteiger charge is 2.13. The number of hydrogen-bond acceptors (Lipinski definition) is 4. The molecule has 2 aromatic rings. The number of para-hydroxylation sites is 1. The number of carbonyl (C=O) groups excluding carboxylic acids is 1. The van der Waals surface area contributed by atoms with Crippen molar-refractivity contribution in [3.63, 3.8) is 0 Å². The quantitative estimate of drug-likeness (QED) is 0.846. The molecule has 0 aliphatic heterocycles. The zero-order valence-corrected chi connectivity index (χ0v) is 13.9. The first kappa shape index (κ1) is 17.6. The minimum Gasteiger partial charge on any atom is -0.493 e. The maximum Gasteiger partial charge on any atom is 0.258 e. The Hall–Kier alpha value is -2.76. The largest absolute Gasteiger partial charge is 0.493 e. The van der Waals surface area contributed by atoms with Crippen molar-refractivity contribution < 1.29 is 23.4 Å². The van der Waals surface area contributed by atoms with Gasteiger partial charge in [-0.05, 0) is 36.2 Å². The molecule has 0 aliphatic carbocycles. The molecule has 0 aromatic heterocycles. The van der Waals surface area contributed by atoms with E-state index in [0.717, 1.165) is 0 Å². The summed E-state index contributed by atoms with van der Waals surface area (Å²) >= 11 is 0. The predicted octanol–water partition coefficient (Wildman–Crippen LogP) is 2.85. The zero-order chi connectivity index (χ0) is 17.5. The van der Waals surface area contributed by atoms with Gasteiger partial charge in [-0.15, -0.1) is 0 Å². The lowest BCUT2D eigenvalue weighted by Crippen LogP contribution is -2.28. The summed E-state index contributed by atoms with van der Waals surface area (Å²) in [7, 11) is 3.02. The Morgan fingerprint density at radius 2 is 1.79 bits per heavy atom. The Balaban J connectivity index is 1.93. The number of methoxy groups -OCH3 is 2. The van der Waals surface area contributed by atoms with Crippen LogP contribution in [0.25, 0.3) is 0 Å². The molecule has 0 saturated heterocycles. The normalized spacial score (nSPS) is 10.2. The molecule has 0 radical (unpaired) electrons. The molecule has 0 bridgehead atoms. The van der Waals surface area contributed by atoms with Crippen molar-refractivity contribution in [2.45, 2.75) is 13.5 Å². The number of hydrogen-bond donors (Lipinski definition) is 1. The van der Waals surface area contributed by atoms with Crippen LogP contribution in [0.1, 0.15) is 11.1 Å². The van der Waals surface area contributed by atoms with Gasteiger partial charge in [-0.1, -0.05) is 18.2 Å². The van der Waals surface area contributed by atoms with Crippen LogP contribution in [-0.2, 0) is 11.3 Å². The maximum atomic E-state index is 13.5. The van der Waals surface area contributed by atoms with Crippen LogP contribution in [0.5, 0.6) is 17.2 Å². The van der Waals surface area contributed by atoms with Gasteiger partial charge in [0.05, 0.1) is 14.2 Å². The number of amides is 1. The monoisotopic (exact) mass is 333 g/mol. The average Bonchev–Trinajstić information content (AvgIpc) is 2.60. The van der Waals surface area contributed by atoms with Gasteiger partial charge in [0.1, 0.15) is 5.82 Å². The number of carbonyl (C=O) groups is 1. The molecule has 0 spiro atoms. The van der Waals surface area contributed by atoms with Crippen LogP contribution in [0.4, 0.5) is 4.39 Å². The van der Waals surface area contributed by atoms with Crippen LogP contribution in [0.2, 0.25) is 0 Å². The summed E-state index contributed by atoms with van der Waals surface area (Å²) in [5, 5.41) is 2.68. The number of rotatable bonds is 7. The summed E-state index contributed by atoms with van der Waals surface area (Å²) in [6.07, 6.45) is 0. The number of aryl methyl sites for hydroxylation is 1. The molecule has 0 fully saturated rings. The van der Waals surface area contributed by atoms with Crippen molar-refractivity contribution in [3.05, 3.63) is 53.3 Å². The van der Waals surface area contributed by atoms with Gasteiger partial charge in [0.2, 0.25) is 5.75 Å². The molecule has 1 amide bonds. The zero-order valence-electron chi connectivity index (χ0n) is 13.9. The number of nitrogens with one attached hydrogen (secondary N) is 1. The van der Waals surface area contributed by atoms with E-state index in [1.54, 1.807) is 37.3 Å². The van der Waals surface area contributed by atoms with Gasteiger partial charge < -0.3 is 19.5 Å². The lowest BCUT2D eigenvalue weighted by Gasteiger charge is -2.14. The summed E-state index contributed by atoms with van der Waals surface area (Å²) in [5.41, 5.74) is 1.25. The molecule has 128 valence electrons. The van der Waals surface area contributed by atoms with Crippen LogP contribution < -0.4 is 19.5 Å². The molecule has 0 unspecified atom stereocenters. The highest BCUT2D eigenvalue weighted by atomic mass is 19.1. The Morgan fingerprint density at radius 1 is 1.12 bits per heavy atom.